The summed E-state index contributed by atoms with van der Waals surface area (Å²) in [5.74, 6) is 2.29. The Morgan fingerprint density at radius 1 is 1.25 bits per heavy atom. The molecule has 0 heterocycles. The Morgan fingerprint density at radius 2 is 1.90 bits per heavy atom. The van der Waals surface area contributed by atoms with Crippen molar-refractivity contribution < 1.29 is 5.11 Å². The Kier molecular flexibility index (Phi) is 6.96. The predicted molar refractivity (Wildman–Crippen MR) is 86.9 cm³/mol. The zero-order chi connectivity index (χ0) is 15.3. The van der Waals surface area contributed by atoms with Crippen LogP contribution in [0.25, 0.3) is 0 Å². The second-order valence-electron chi connectivity index (χ2n) is 7.79. The number of aliphatic hydroxyl groups is 1. The number of rotatable bonds is 7. The van der Waals surface area contributed by atoms with E-state index in [2.05, 4.69) is 38.0 Å². The molecule has 0 aliphatic heterocycles. The van der Waals surface area contributed by atoms with Crippen LogP contribution in [0.2, 0.25) is 0 Å². The molecular weight excluding hydrogens is 248 g/mol. The molecule has 1 rings (SSSR count). The van der Waals surface area contributed by atoms with Crippen LogP contribution in [0.3, 0.4) is 0 Å². The van der Waals surface area contributed by atoms with Crippen molar-refractivity contribution in [1.29, 1.82) is 0 Å². The maximum Gasteiger partial charge on any atom is 0.0718 e. The van der Waals surface area contributed by atoms with E-state index in [4.69, 9.17) is 0 Å². The fourth-order valence-electron chi connectivity index (χ4n) is 3.87. The topological polar surface area (TPSA) is 35.5 Å². The summed E-state index contributed by atoms with van der Waals surface area (Å²) >= 11 is 0. The van der Waals surface area contributed by atoms with Crippen molar-refractivity contribution in [2.75, 3.05) is 26.7 Å². The lowest BCUT2D eigenvalue weighted by Crippen LogP contribution is -2.50. The number of nitrogens with one attached hydrogen (secondary N) is 1. The average molecular weight is 284 g/mol. The lowest BCUT2D eigenvalue weighted by molar-refractivity contribution is 0.0274. The van der Waals surface area contributed by atoms with Crippen molar-refractivity contribution in [2.45, 2.75) is 65.5 Å². The van der Waals surface area contributed by atoms with Crippen molar-refractivity contribution in [1.82, 2.24) is 10.2 Å². The van der Waals surface area contributed by atoms with E-state index in [1.807, 2.05) is 13.8 Å². The average Bonchev–Trinajstić information content (AvgIpc) is 2.28. The molecule has 0 bridgehead atoms. The van der Waals surface area contributed by atoms with E-state index in [1.54, 1.807) is 0 Å². The third-order valence-electron chi connectivity index (χ3n) is 4.51. The van der Waals surface area contributed by atoms with Crippen molar-refractivity contribution in [3.8, 4) is 0 Å². The molecule has 0 saturated heterocycles. The molecule has 0 spiro atoms. The zero-order valence-electron chi connectivity index (χ0n) is 14.4. The van der Waals surface area contributed by atoms with E-state index >= 15 is 0 Å². The van der Waals surface area contributed by atoms with Gasteiger partial charge in [0.25, 0.3) is 0 Å². The molecule has 0 aromatic rings. The van der Waals surface area contributed by atoms with Crippen molar-refractivity contribution in [3.05, 3.63) is 0 Å². The SMILES string of the molecule is CCCNC1CC(C)CC(C)C1CN(C)CC(C)(C)O. The molecule has 2 N–H and O–H groups in total. The molecule has 3 heteroatoms. The van der Waals surface area contributed by atoms with Gasteiger partial charge >= 0.3 is 0 Å². The van der Waals surface area contributed by atoms with Gasteiger partial charge in [-0.3, -0.25) is 0 Å². The molecule has 4 atom stereocenters. The molecule has 0 radical (unpaired) electrons. The maximum absolute atomic E-state index is 9.98. The molecule has 1 fully saturated rings. The van der Waals surface area contributed by atoms with Gasteiger partial charge in [-0.2, -0.15) is 0 Å². The summed E-state index contributed by atoms with van der Waals surface area (Å²) in [6, 6.07) is 0.637. The molecule has 0 aromatic carbocycles. The number of hydrogen-bond acceptors (Lipinski definition) is 3. The van der Waals surface area contributed by atoms with E-state index in [0.29, 0.717) is 12.0 Å². The van der Waals surface area contributed by atoms with Crippen LogP contribution >= 0.6 is 0 Å². The molecule has 1 aliphatic carbocycles. The molecule has 0 amide bonds. The quantitative estimate of drug-likeness (QED) is 0.754. The lowest BCUT2D eigenvalue weighted by Gasteiger charge is -2.42. The fourth-order valence-corrected chi connectivity index (χ4v) is 3.87. The second-order valence-corrected chi connectivity index (χ2v) is 7.79. The smallest absolute Gasteiger partial charge is 0.0718 e. The summed E-state index contributed by atoms with van der Waals surface area (Å²) in [6.07, 6.45) is 3.84. The molecule has 1 saturated carbocycles. The molecule has 120 valence electrons. The maximum atomic E-state index is 9.98. The first-order valence-corrected chi connectivity index (χ1v) is 8.37. The van der Waals surface area contributed by atoms with E-state index in [0.717, 1.165) is 31.5 Å². The summed E-state index contributed by atoms with van der Waals surface area (Å²) < 4.78 is 0. The van der Waals surface area contributed by atoms with Gasteiger partial charge in [0.15, 0.2) is 0 Å². The van der Waals surface area contributed by atoms with Gasteiger partial charge in [-0.15, -0.1) is 0 Å². The standard InChI is InChI=1S/C17H36N2O/c1-7-8-18-16-10-13(2)9-14(3)15(16)11-19(6)12-17(4,5)20/h13-16,18,20H,7-12H2,1-6H3. The Morgan fingerprint density at radius 3 is 2.45 bits per heavy atom. The highest BCUT2D eigenvalue weighted by Gasteiger charge is 2.34. The molecule has 3 nitrogen and oxygen atoms in total. The Balaban J connectivity index is 2.61. The van der Waals surface area contributed by atoms with E-state index < -0.39 is 5.60 Å². The van der Waals surface area contributed by atoms with Gasteiger partial charge in [-0.1, -0.05) is 20.8 Å². The van der Waals surface area contributed by atoms with Gasteiger partial charge in [0.1, 0.15) is 0 Å². The van der Waals surface area contributed by atoms with Crippen LogP contribution in [0.15, 0.2) is 0 Å². The third kappa shape index (κ3) is 6.11. The summed E-state index contributed by atoms with van der Waals surface area (Å²) in [4.78, 5) is 2.30. The highest BCUT2D eigenvalue weighted by atomic mass is 16.3. The van der Waals surface area contributed by atoms with E-state index in [-0.39, 0.29) is 0 Å². The normalized spacial score (nSPS) is 31.8. The van der Waals surface area contributed by atoms with Crippen molar-refractivity contribution >= 4 is 0 Å². The van der Waals surface area contributed by atoms with Gasteiger partial charge in [0.05, 0.1) is 5.60 Å². The van der Waals surface area contributed by atoms with Crippen LogP contribution in [0.5, 0.6) is 0 Å². The van der Waals surface area contributed by atoms with Crippen LogP contribution in [-0.4, -0.2) is 48.3 Å². The summed E-state index contributed by atoms with van der Waals surface area (Å²) in [7, 11) is 2.14. The largest absolute Gasteiger partial charge is 0.389 e. The Labute approximate surface area is 126 Å². The first-order chi connectivity index (χ1) is 9.23. The van der Waals surface area contributed by atoms with Crippen molar-refractivity contribution in [2.24, 2.45) is 17.8 Å². The van der Waals surface area contributed by atoms with Crippen LogP contribution in [-0.2, 0) is 0 Å². The summed E-state index contributed by atoms with van der Waals surface area (Å²) in [5, 5.41) is 13.7. The number of nitrogens with zero attached hydrogens (tertiary/aromatic N) is 1. The predicted octanol–water partition coefficient (Wildman–Crippen LogP) is 2.74. The molecular formula is C17H36N2O. The first-order valence-electron chi connectivity index (χ1n) is 8.37. The van der Waals surface area contributed by atoms with Crippen LogP contribution < -0.4 is 5.32 Å². The van der Waals surface area contributed by atoms with Gasteiger partial charge in [0.2, 0.25) is 0 Å². The monoisotopic (exact) mass is 284 g/mol. The van der Waals surface area contributed by atoms with Crippen LogP contribution in [0, 0.1) is 17.8 Å². The zero-order valence-corrected chi connectivity index (χ0v) is 14.4. The number of likely N-dealkylation sites (N-methyl/N-ethyl adjacent to an activating group) is 1. The van der Waals surface area contributed by atoms with Crippen LogP contribution in [0.4, 0.5) is 0 Å². The van der Waals surface area contributed by atoms with E-state index in [1.165, 1.54) is 19.3 Å². The minimum Gasteiger partial charge on any atom is -0.389 e. The summed E-state index contributed by atoms with van der Waals surface area (Å²) in [6.45, 7) is 13.7. The van der Waals surface area contributed by atoms with Crippen LogP contribution in [0.1, 0.15) is 53.9 Å². The Bertz CT molecular complexity index is 275. The fraction of sp³-hybridized carbons (Fsp3) is 1.00. The Hall–Kier alpha value is -0.120. The molecule has 1 aliphatic rings. The molecule has 4 unspecified atom stereocenters. The van der Waals surface area contributed by atoms with Gasteiger partial charge in [-0.25, -0.2) is 0 Å². The second kappa shape index (κ2) is 7.77. The highest BCUT2D eigenvalue weighted by Crippen LogP contribution is 2.34. The minimum atomic E-state index is -0.605. The van der Waals surface area contributed by atoms with Gasteiger partial charge < -0.3 is 15.3 Å². The van der Waals surface area contributed by atoms with Gasteiger partial charge in [0, 0.05) is 19.1 Å². The van der Waals surface area contributed by atoms with E-state index in [9.17, 15) is 5.11 Å². The lowest BCUT2D eigenvalue weighted by atomic mass is 9.72. The summed E-state index contributed by atoms with van der Waals surface area (Å²) in [5.41, 5.74) is -0.605. The van der Waals surface area contributed by atoms with Gasteiger partial charge in [-0.05, 0) is 64.5 Å². The first kappa shape index (κ1) is 17.9. The minimum absolute atomic E-state index is 0.605. The molecule has 0 aromatic heterocycles. The third-order valence-corrected chi connectivity index (χ3v) is 4.51. The highest BCUT2D eigenvalue weighted by molar-refractivity contribution is 4.89. The molecule has 20 heavy (non-hydrogen) atoms. The van der Waals surface area contributed by atoms with Crippen molar-refractivity contribution in [3.63, 3.8) is 0 Å². The number of hydrogen-bond donors (Lipinski definition) is 2.